The highest BCUT2D eigenvalue weighted by Crippen LogP contribution is 2.11. The second-order valence-corrected chi connectivity index (χ2v) is 2.24. The Morgan fingerprint density at radius 3 is 2.08 bits per heavy atom. The standard InChI is InChI=1S/C11H15N/c1-6-9-11(5)12(8-3)10(4)7-2/h6-9H,2-5H2,1H3/b9-6-. The summed E-state index contributed by atoms with van der Waals surface area (Å²) in [6.07, 6.45) is 7.12. The Hall–Kier alpha value is -1.50. The van der Waals surface area contributed by atoms with E-state index in [4.69, 9.17) is 0 Å². The maximum atomic E-state index is 3.84. The number of hydrogen-bond acceptors (Lipinski definition) is 1. The van der Waals surface area contributed by atoms with Crippen molar-refractivity contribution in [2.24, 2.45) is 0 Å². The maximum absolute atomic E-state index is 3.84. The second kappa shape index (κ2) is 5.19. The van der Waals surface area contributed by atoms with Crippen LogP contribution in [0.1, 0.15) is 6.92 Å². The van der Waals surface area contributed by atoms with Gasteiger partial charge in [0.15, 0.2) is 0 Å². The van der Waals surface area contributed by atoms with Crippen LogP contribution < -0.4 is 0 Å². The van der Waals surface area contributed by atoms with Crippen molar-refractivity contribution < 1.29 is 0 Å². The van der Waals surface area contributed by atoms with E-state index < -0.39 is 0 Å². The Bertz CT molecular complexity index is 233. The van der Waals surface area contributed by atoms with Crippen LogP contribution in [-0.4, -0.2) is 4.90 Å². The lowest BCUT2D eigenvalue weighted by molar-refractivity contribution is 0.621. The third-order valence-electron chi connectivity index (χ3n) is 1.40. The zero-order valence-corrected chi connectivity index (χ0v) is 7.59. The molecule has 0 aliphatic carbocycles. The average Bonchev–Trinajstić information content (AvgIpc) is 2.06. The normalized spacial score (nSPS) is 9.42. The van der Waals surface area contributed by atoms with Crippen LogP contribution in [-0.2, 0) is 0 Å². The van der Waals surface area contributed by atoms with E-state index >= 15 is 0 Å². The molecule has 0 spiro atoms. The summed E-state index contributed by atoms with van der Waals surface area (Å²) < 4.78 is 0. The van der Waals surface area contributed by atoms with Gasteiger partial charge in [0.1, 0.15) is 0 Å². The lowest BCUT2D eigenvalue weighted by Crippen LogP contribution is -2.10. The van der Waals surface area contributed by atoms with Gasteiger partial charge in [0.05, 0.1) is 0 Å². The topological polar surface area (TPSA) is 3.24 Å². The molecule has 1 nitrogen and oxygen atoms in total. The number of nitrogens with zero attached hydrogens (tertiary/aromatic N) is 1. The van der Waals surface area contributed by atoms with Crippen molar-refractivity contribution in [3.63, 3.8) is 0 Å². The fourth-order valence-corrected chi connectivity index (χ4v) is 0.790. The molecule has 64 valence electrons. The van der Waals surface area contributed by atoms with Crippen LogP contribution >= 0.6 is 0 Å². The van der Waals surface area contributed by atoms with Gasteiger partial charge in [-0.25, -0.2) is 0 Å². The molecule has 0 radical (unpaired) electrons. The molecular formula is C11H15N. The molecule has 0 aromatic rings. The van der Waals surface area contributed by atoms with Crippen LogP contribution in [0.5, 0.6) is 0 Å². The van der Waals surface area contributed by atoms with Gasteiger partial charge in [0.25, 0.3) is 0 Å². The minimum atomic E-state index is 0.771. The van der Waals surface area contributed by atoms with E-state index in [1.807, 2.05) is 19.1 Å². The molecule has 0 aromatic heterocycles. The third kappa shape index (κ3) is 2.62. The summed E-state index contributed by atoms with van der Waals surface area (Å²) in [4.78, 5) is 1.77. The molecule has 0 atom stereocenters. The first-order valence-corrected chi connectivity index (χ1v) is 3.72. The first-order valence-electron chi connectivity index (χ1n) is 3.72. The summed E-state index contributed by atoms with van der Waals surface area (Å²) in [6.45, 7) is 16.8. The van der Waals surface area contributed by atoms with Gasteiger partial charge in [-0.15, -0.1) is 0 Å². The van der Waals surface area contributed by atoms with Crippen LogP contribution in [0.2, 0.25) is 0 Å². The highest BCUT2D eigenvalue weighted by atomic mass is 15.1. The van der Waals surface area contributed by atoms with Gasteiger partial charge in [-0.1, -0.05) is 32.4 Å². The molecular weight excluding hydrogens is 146 g/mol. The van der Waals surface area contributed by atoms with Crippen molar-refractivity contribution in [3.05, 3.63) is 62.1 Å². The van der Waals surface area contributed by atoms with E-state index in [1.54, 1.807) is 17.2 Å². The van der Waals surface area contributed by atoms with Gasteiger partial charge < -0.3 is 4.90 Å². The molecule has 0 aliphatic heterocycles. The van der Waals surface area contributed by atoms with Crippen molar-refractivity contribution in [1.29, 1.82) is 0 Å². The number of allylic oxidation sites excluding steroid dienone is 3. The van der Waals surface area contributed by atoms with Gasteiger partial charge >= 0.3 is 0 Å². The van der Waals surface area contributed by atoms with Gasteiger partial charge in [0.2, 0.25) is 0 Å². The Labute approximate surface area is 74.7 Å². The van der Waals surface area contributed by atoms with Gasteiger partial charge in [-0.05, 0) is 19.1 Å². The fourth-order valence-electron chi connectivity index (χ4n) is 0.790. The molecule has 0 saturated heterocycles. The summed E-state index contributed by atoms with van der Waals surface area (Å²) >= 11 is 0. The maximum Gasteiger partial charge on any atom is 0.0379 e. The molecule has 0 saturated carbocycles. The van der Waals surface area contributed by atoms with Crippen LogP contribution in [0.25, 0.3) is 0 Å². The van der Waals surface area contributed by atoms with Crippen molar-refractivity contribution in [1.82, 2.24) is 4.90 Å². The molecule has 1 heteroatoms. The Balaban J connectivity index is 4.55. The quantitative estimate of drug-likeness (QED) is 0.559. The summed E-state index contributed by atoms with van der Waals surface area (Å²) in [7, 11) is 0. The summed E-state index contributed by atoms with van der Waals surface area (Å²) in [5, 5.41) is 0. The van der Waals surface area contributed by atoms with Gasteiger partial charge in [-0.2, -0.15) is 0 Å². The van der Waals surface area contributed by atoms with Crippen molar-refractivity contribution in [2.45, 2.75) is 6.92 Å². The molecule has 0 heterocycles. The molecule has 12 heavy (non-hydrogen) atoms. The summed E-state index contributed by atoms with van der Waals surface area (Å²) in [5.74, 6) is 0. The van der Waals surface area contributed by atoms with Crippen LogP contribution in [0.4, 0.5) is 0 Å². The number of rotatable bonds is 5. The first kappa shape index (κ1) is 10.5. The van der Waals surface area contributed by atoms with E-state index in [2.05, 4.69) is 26.3 Å². The molecule has 0 N–H and O–H groups in total. The molecule has 0 bridgehead atoms. The highest BCUT2D eigenvalue weighted by Gasteiger charge is 2.00. The summed E-state index contributed by atoms with van der Waals surface area (Å²) in [5.41, 5.74) is 1.60. The lowest BCUT2D eigenvalue weighted by Gasteiger charge is -2.19. The minimum absolute atomic E-state index is 0.771. The van der Waals surface area contributed by atoms with E-state index in [-0.39, 0.29) is 0 Å². The number of hydrogen-bond donors (Lipinski definition) is 0. The monoisotopic (exact) mass is 161 g/mol. The lowest BCUT2D eigenvalue weighted by atomic mass is 10.3. The Morgan fingerprint density at radius 1 is 1.17 bits per heavy atom. The minimum Gasteiger partial charge on any atom is -0.319 e. The SMILES string of the molecule is C=CC(=C)N(C=C)C(=C)/C=C\C. The van der Waals surface area contributed by atoms with Crippen LogP contribution in [0.15, 0.2) is 62.1 Å². The zero-order chi connectivity index (χ0) is 9.56. The average molecular weight is 161 g/mol. The summed E-state index contributed by atoms with van der Waals surface area (Å²) in [6, 6.07) is 0. The molecule has 0 unspecified atom stereocenters. The van der Waals surface area contributed by atoms with E-state index in [0.29, 0.717) is 0 Å². The predicted molar refractivity (Wildman–Crippen MR) is 55.3 cm³/mol. The highest BCUT2D eigenvalue weighted by molar-refractivity contribution is 5.25. The third-order valence-corrected chi connectivity index (χ3v) is 1.40. The van der Waals surface area contributed by atoms with Gasteiger partial charge in [0, 0.05) is 17.6 Å². The smallest absolute Gasteiger partial charge is 0.0379 e. The molecule has 0 aliphatic rings. The van der Waals surface area contributed by atoms with Gasteiger partial charge in [-0.3, -0.25) is 0 Å². The van der Waals surface area contributed by atoms with E-state index in [9.17, 15) is 0 Å². The zero-order valence-electron chi connectivity index (χ0n) is 7.59. The Morgan fingerprint density at radius 2 is 1.75 bits per heavy atom. The van der Waals surface area contributed by atoms with Crippen molar-refractivity contribution >= 4 is 0 Å². The predicted octanol–water partition coefficient (Wildman–Crippen LogP) is 3.22. The molecule has 0 amide bonds. The van der Waals surface area contributed by atoms with Crippen LogP contribution in [0.3, 0.4) is 0 Å². The largest absolute Gasteiger partial charge is 0.319 e. The van der Waals surface area contributed by atoms with Crippen molar-refractivity contribution in [2.75, 3.05) is 0 Å². The second-order valence-electron chi connectivity index (χ2n) is 2.24. The fraction of sp³-hybridized carbons (Fsp3) is 0.0909. The molecule has 0 fully saturated rings. The molecule has 0 rings (SSSR count). The molecule has 0 aromatic carbocycles. The van der Waals surface area contributed by atoms with E-state index in [1.165, 1.54) is 0 Å². The van der Waals surface area contributed by atoms with Crippen LogP contribution in [0, 0.1) is 0 Å². The first-order chi connectivity index (χ1) is 5.67. The van der Waals surface area contributed by atoms with Crippen molar-refractivity contribution in [3.8, 4) is 0 Å². The van der Waals surface area contributed by atoms with E-state index in [0.717, 1.165) is 11.4 Å². The Kier molecular flexibility index (Phi) is 4.54.